The summed E-state index contributed by atoms with van der Waals surface area (Å²) in [7, 11) is -3.86. The number of sulfonamides is 1. The van der Waals surface area contributed by atoms with Gasteiger partial charge >= 0.3 is 0 Å². The van der Waals surface area contributed by atoms with E-state index < -0.39 is 15.9 Å². The third-order valence-corrected chi connectivity index (χ3v) is 7.34. The van der Waals surface area contributed by atoms with Crippen molar-refractivity contribution < 1.29 is 18.1 Å². The SMILES string of the molecule is CC([O-])=NS(=O)(=O)c1ccc(N)cc1.CCCCCCCCCCCCCCCC[n+]1ccccc1. The summed E-state index contributed by atoms with van der Waals surface area (Å²) in [6.45, 7) is 4.55. The smallest absolute Gasteiger partial charge is 0.281 e. The van der Waals surface area contributed by atoms with Crippen LogP contribution in [0.4, 0.5) is 5.69 Å². The molecular formula is C29H47N3O3S. The first kappa shape index (κ1) is 31.6. The molecule has 0 bridgehead atoms. The molecule has 2 rings (SSSR count). The number of pyridine rings is 1. The summed E-state index contributed by atoms with van der Waals surface area (Å²) in [5.41, 5.74) is 5.83. The van der Waals surface area contributed by atoms with Crippen LogP contribution in [0.1, 0.15) is 104 Å². The van der Waals surface area contributed by atoms with E-state index in [0.717, 1.165) is 6.92 Å². The normalized spacial score (nSPS) is 11.7. The average molecular weight is 518 g/mol. The van der Waals surface area contributed by atoms with Crippen LogP contribution in [-0.2, 0) is 16.6 Å². The van der Waals surface area contributed by atoms with Crippen LogP contribution >= 0.6 is 0 Å². The molecule has 2 aromatic rings. The van der Waals surface area contributed by atoms with Crippen LogP contribution in [0.15, 0.2) is 64.2 Å². The average Bonchev–Trinajstić information content (AvgIpc) is 2.85. The second kappa shape index (κ2) is 19.7. The lowest BCUT2D eigenvalue weighted by Gasteiger charge is -2.03. The number of rotatable bonds is 17. The molecule has 7 heteroatoms. The minimum atomic E-state index is -3.86. The van der Waals surface area contributed by atoms with Crippen molar-refractivity contribution in [3.8, 4) is 0 Å². The number of aromatic nitrogens is 1. The van der Waals surface area contributed by atoms with Gasteiger partial charge in [0.2, 0.25) is 0 Å². The number of nitrogen functional groups attached to an aromatic ring is 1. The topological polar surface area (TPSA) is 99.5 Å². The van der Waals surface area contributed by atoms with Gasteiger partial charge in [0.05, 0.1) is 4.90 Å². The number of nitrogens with two attached hydrogens (primary N) is 1. The van der Waals surface area contributed by atoms with Gasteiger partial charge in [0, 0.05) is 24.2 Å². The number of hydrogen-bond donors (Lipinski definition) is 1. The van der Waals surface area contributed by atoms with Crippen molar-refractivity contribution in [1.82, 2.24) is 0 Å². The summed E-state index contributed by atoms with van der Waals surface area (Å²) in [5, 5.41) is 10.5. The molecule has 0 aliphatic rings. The maximum absolute atomic E-state index is 11.3. The molecule has 0 amide bonds. The highest BCUT2D eigenvalue weighted by Crippen LogP contribution is 2.14. The van der Waals surface area contributed by atoms with Crippen LogP contribution in [0.25, 0.3) is 0 Å². The van der Waals surface area contributed by atoms with Crippen LogP contribution in [-0.4, -0.2) is 14.3 Å². The molecule has 0 saturated heterocycles. The Hall–Kier alpha value is -2.41. The van der Waals surface area contributed by atoms with Crippen LogP contribution in [0.2, 0.25) is 0 Å². The fourth-order valence-corrected chi connectivity index (χ4v) is 4.86. The van der Waals surface area contributed by atoms with Crippen molar-refractivity contribution in [1.29, 1.82) is 0 Å². The second-order valence-corrected chi connectivity index (χ2v) is 11.0. The monoisotopic (exact) mass is 517 g/mol. The Morgan fingerprint density at radius 2 is 1.22 bits per heavy atom. The Balaban J connectivity index is 0.000000397. The van der Waals surface area contributed by atoms with E-state index in [1.54, 1.807) is 0 Å². The van der Waals surface area contributed by atoms with E-state index >= 15 is 0 Å². The van der Waals surface area contributed by atoms with Gasteiger partial charge in [-0.05, 0) is 43.5 Å². The molecule has 0 unspecified atom stereocenters. The number of aryl methyl sites for hydroxylation is 1. The number of unbranched alkanes of at least 4 members (excludes halogenated alkanes) is 13. The molecule has 2 N–H and O–H groups in total. The summed E-state index contributed by atoms with van der Waals surface area (Å²) >= 11 is 0. The van der Waals surface area contributed by atoms with Crippen molar-refractivity contribution in [3.63, 3.8) is 0 Å². The van der Waals surface area contributed by atoms with Crippen molar-refractivity contribution in [2.24, 2.45) is 4.40 Å². The van der Waals surface area contributed by atoms with Crippen molar-refractivity contribution in [2.45, 2.75) is 115 Å². The van der Waals surface area contributed by atoms with Gasteiger partial charge in [-0.1, -0.05) is 90.0 Å². The van der Waals surface area contributed by atoms with E-state index in [1.165, 1.54) is 121 Å². The molecule has 0 fully saturated rings. The van der Waals surface area contributed by atoms with E-state index in [9.17, 15) is 13.5 Å². The fourth-order valence-electron chi connectivity index (χ4n) is 3.93. The number of hydrogen-bond acceptors (Lipinski definition) is 4. The quantitative estimate of drug-likeness (QED) is 0.0888. The molecule has 0 aliphatic heterocycles. The minimum absolute atomic E-state index is 0.0399. The Labute approximate surface area is 219 Å². The predicted octanol–water partition coefficient (Wildman–Crippen LogP) is 6.19. The van der Waals surface area contributed by atoms with Crippen LogP contribution in [0.3, 0.4) is 0 Å². The van der Waals surface area contributed by atoms with Crippen molar-refractivity contribution >= 4 is 21.6 Å². The third-order valence-electron chi connectivity index (χ3n) is 5.97. The first-order valence-corrected chi connectivity index (χ1v) is 15.1. The highest BCUT2D eigenvalue weighted by Gasteiger charge is 2.10. The standard InChI is InChI=1S/C21H38N.C8H10N2O3S/c1-2-3-4-5-6-7-8-9-10-11-12-13-14-16-19-22-20-17-15-18-21-22;1-6(11)10-14(12,13)8-4-2-7(9)3-5-8/h15,17-18,20-21H,2-14,16,19H2,1H3;2-5H,9H2,1H3,(H,10,11)/q+1;/p-1. The predicted molar refractivity (Wildman–Crippen MR) is 148 cm³/mol. The van der Waals surface area contributed by atoms with Crippen molar-refractivity contribution in [3.05, 3.63) is 54.9 Å². The summed E-state index contributed by atoms with van der Waals surface area (Å²) in [5.74, 6) is -0.748. The van der Waals surface area contributed by atoms with E-state index in [4.69, 9.17) is 5.73 Å². The molecule has 0 saturated carbocycles. The Morgan fingerprint density at radius 3 is 1.67 bits per heavy atom. The summed E-state index contributed by atoms with van der Waals surface area (Å²) in [6.07, 6.45) is 24.4. The Kier molecular flexibility index (Phi) is 17.3. The first-order chi connectivity index (χ1) is 17.3. The molecule has 0 aliphatic carbocycles. The second-order valence-electron chi connectivity index (χ2n) is 9.36. The van der Waals surface area contributed by atoms with Crippen LogP contribution < -0.4 is 15.4 Å². The van der Waals surface area contributed by atoms with Crippen LogP contribution in [0, 0.1) is 0 Å². The zero-order chi connectivity index (χ0) is 26.5. The van der Waals surface area contributed by atoms with Crippen molar-refractivity contribution in [2.75, 3.05) is 5.73 Å². The van der Waals surface area contributed by atoms with Gasteiger partial charge < -0.3 is 10.8 Å². The molecule has 0 spiro atoms. The zero-order valence-electron chi connectivity index (χ0n) is 22.4. The lowest BCUT2D eigenvalue weighted by molar-refractivity contribution is -0.697. The van der Waals surface area contributed by atoms with E-state index in [0.29, 0.717) is 5.69 Å². The molecule has 0 radical (unpaired) electrons. The van der Waals surface area contributed by atoms with Gasteiger partial charge in [0.25, 0.3) is 10.0 Å². The van der Waals surface area contributed by atoms with Gasteiger partial charge in [-0.3, -0.25) is 0 Å². The number of nitrogens with zero attached hydrogens (tertiary/aromatic N) is 2. The Bertz CT molecular complexity index is 926. The molecule has 6 nitrogen and oxygen atoms in total. The molecule has 36 heavy (non-hydrogen) atoms. The molecule has 0 atom stereocenters. The zero-order valence-corrected chi connectivity index (χ0v) is 23.2. The Morgan fingerprint density at radius 1 is 0.778 bits per heavy atom. The van der Waals surface area contributed by atoms with Gasteiger partial charge in [0.15, 0.2) is 12.4 Å². The highest BCUT2D eigenvalue weighted by molar-refractivity contribution is 7.90. The van der Waals surface area contributed by atoms with E-state index in [-0.39, 0.29) is 4.90 Å². The summed E-state index contributed by atoms with van der Waals surface area (Å²) in [4.78, 5) is -0.0399. The third kappa shape index (κ3) is 16.3. The maximum atomic E-state index is 11.3. The lowest BCUT2D eigenvalue weighted by Crippen LogP contribution is -2.32. The van der Waals surface area contributed by atoms with Gasteiger partial charge in [-0.2, -0.15) is 12.8 Å². The molecular weight excluding hydrogens is 470 g/mol. The molecule has 1 aromatic carbocycles. The van der Waals surface area contributed by atoms with Crippen LogP contribution in [0.5, 0.6) is 0 Å². The summed E-state index contributed by atoms with van der Waals surface area (Å²) in [6, 6.07) is 11.8. The van der Waals surface area contributed by atoms with Gasteiger partial charge in [0.1, 0.15) is 6.54 Å². The molecule has 202 valence electrons. The number of benzene rings is 1. The number of anilines is 1. The maximum Gasteiger partial charge on any atom is 0.281 e. The van der Waals surface area contributed by atoms with Gasteiger partial charge in [-0.25, -0.2) is 4.57 Å². The van der Waals surface area contributed by atoms with E-state index in [2.05, 4.69) is 46.5 Å². The molecule has 1 heterocycles. The highest BCUT2D eigenvalue weighted by atomic mass is 32.2. The van der Waals surface area contributed by atoms with Gasteiger partial charge in [-0.15, -0.1) is 0 Å². The molecule has 1 aromatic heterocycles. The first-order valence-electron chi connectivity index (χ1n) is 13.6. The fraction of sp³-hybridized carbons (Fsp3) is 0.586. The van der Waals surface area contributed by atoms with E-state index in [1.807, 2.05) is 0 Å². The minimum Gasteiger partial charge on any atom is -0.861 e. The lowest BCUT2D eigenvalue weighted by atomic mass is 10.0. The largest absolute Gasteiger partial charge is 0.861 e. The summed E-state index contributed by atoms with van der Waals surface area (Å²) < 4.78 is 27.9.